The van der Waals surface area contributed by atoms with E-state index in [4.69, 9.17) is 0 Å². The number of aryl methyl sites for hydroxylation is 1. The van der Waals surface area contributed by atoms with E-state index in [0.717, 1.165) is 18.4 Å². The van der Waals surface area contributed by atoms with Gasteiger partial charge in [-0.3, -0.25) is 0 Å². The third-order valence-corrected chi connectivity index (χ3v) is 2.80. The van der Waals surface area contributed by atoms with Crippen molar-refractivity contribution >= 4 is 0 Å². The molecule has 0 radical (unpaired) electrons. The maximum atomic E-state index is 12.8. The van der Waals surface area contributed by atoms with Crippen molar-refractivity contribution in [2.45, 2.75) is 32.5 Å². The summed E-state index contributed by atoms with van der Waals surface area (Å²) in [7, 11) is 0. The molecular formula is C15H15F3N2O. The summed E-state index contributed by atoms with van der Waals surface area (Å²) in [5, 5.41) is 0. The summed E-state index contributed by atoms with van der Waals surface area (Å²) in [4.78, 5) is 8.48. The second kappa shape index (κ2) is 7.06. The van der Waals surface area contributed by atoms with Gasteiger partial charge in [-0.25, -0.2) is 18.7 Å². The highest BCUT2D eigenvalue weighted by Crippen LogP contribution is 2.21. The van der Waals surface area contributed by atoms with Gasteiger partial charge in [-0.2, -0.15) is 4.39 Å². The van der Waals surface area contributed by atoms with E-state index < -0.39 is 12.8 Å². The molecule has 0 aliphatic heterocycles. The Labute approximate surface area is 120 Å². The summed E-state index contributed by atoms with van der Waals surface area (Å²) in [6, 6.07) is 6.02. The smallest absolute Gasteiger partial charge is 0.304 e. The SMILES string of the molecule is CCCc1cnc(-c2ccc(OC(F)C(F)F)cc2)nc1. The molecule has 1 aromatic carbocycles. The van der Waals surface area contributed by atoms with Crippen molar-refractivity contribution in [3.05, 3.63) is 42.2 Å². The average Bonchev–Trinajstić information content (AvgIpc) is 2.49. The molecule has 2 rings (SSSR count). The van der Waals surface area contributed by atoms with Gasteiger partial charge in [0.15, 0.2) is 5.82 Å². The normalized spacial score (nSPS) is 12.4. The molecule has 0 spiro atoms. The molecule has 21 heavy (non-hydrogen) atoms. The minimum Gasteiger partial charge on any atom is -0.454 e. The molecular weight excluding hydrogens is 281 g/mol. The van der Waals surface area contributed by atoms with Crippen LogP contribution in [0.1, 0.15) is 18.9 Å². The van der Waals surface area contributed by atoms with E-state index in [9.17, 15) is 13.2 Å². The maximum absolute atomic E-state index is 12.8. The number of alkyl halides is 3. The first-order valence-corrected chi connectivity index (χ1v) is 6.60. The first-order chi connectivity index (χ1) is 10.1. The zero-order chi connectivity index (χ0) is 15.2. The first kappa shape index (κ1) is 15.3. The van der Waals surface area contributed by atoms with Crippen LogP contribution in [-0.4, -0.2) is 22.8 Å². The molecule has 3 nitrogen and oxygen atoms in total. The van der Waals surface area contributed by atoms with Gasteiger partial charge in [0.1, 0.15) is 5.75 Å². The zero-order valence-electron chi connectivity index (χ0n) is 11.5. The lowest BCUT2D eigenvalue weighted by molar-refractivity contribution is -0.0668. The number of hydrogen-bond acceptors (Lipinski definition) is 3. The van der Waals surface area contributed by atoms with Crippen LogP contribution in [0.25, 0.3) is 11.4 Å². The third kappa shape index (κ3) is 4.18. The highest BCUT2D eigenvalue weighted by Gasteiger charge is 2.20. The molecule has 2 aromatic rings. The van der Waals surface area contributed by atoms with Crippen molar-refractivity contribution in [1.29, 1.82) is 0 Å². The van der Waals surface area contributed by atoms with Gasteiger partial charge in [0.05, 0.1) is 0 Å². The largest absolute Gasteiger partial charge is 0.454 e. The van der Waals surface area contributed by atoms with Crippen LogP contribution in [0.5, 0.6) is 5.75 Å². The van der Waals surface area contributed by atoms with Crippen LogP contribution >= 0.6 is 0 Å². The number of rotatable bonds is 6. The van der Waals surface area contributed by atoms with Crippen LogP contribution in [0.2, 0.25) is 0 Å². The predicted molar refractivity (Wildman–Crippen MR) is 73.0 cm³/mol. The Morgan fingerprint density at radius 3 is 2.19 bits per heavy atom. The predicted octanol–water partition coefficient (Wildman–Crippen LogP) is 4.04. The molecule has 0 aliphatic carbocycles. The lowest BCUT2D eigenvalue weighted by Gasteiger charge is -2.10. The Bertz CT molecular complexity index is 558. The number of halogens is 3. The number of benzene rings is 1. The van der Waals surface area contributed by atoms with E-state index in [0.29, 0.717) is 11.4 Å². The fraction of sp³-hybridized carbons (Fsp3) is 0.333. The van der Waals surface area contributed by atoms with Gasteiger partial charge >= 0.3 is 6.43 Å². The Kier molecular flexibility index (Phi) is 5.14. The molecule has 1 atom stereocenters. The van der Waals surface area contributed by atoms with Crippen molar-refractivity contribution in [1.82, 2.24) is 9.97 Å². The van der Waals surface area contributed by atoms with Crippen LogP contribution in [0.3, 0.4) is 0 Å². The van der Waals surface area contributed by atoms with Gasteiger partial charge in [0.25, 0.3) is 6.36 Å². The molecule has 1 aromatic heterocycles. The maximum Gasteiger partial charge on any atom is 0.304 e. The monoisotopic (exact) mass is 296 g/mol. The molecule has 1 unspecified atom stereocenters. The Morgan fingerprint density at radius 2 is 1.67 bits per heavy atom. The summed E-state index contributed by atoms with van der Waals surface area (Å²) < 4.78 is 41.3. The average molecular weight is 296 g/mol. The van der Waals surface area contributed by atoms with Gasteiger partial charge in [-0.15, -0.1) is 0 Å². The van der Waals surface area contributed by atoms with Crippen molar-refractivity contribution in [2.24, 2.45) is 0 Å². The highest BCUT2D eigenvalue weighted by molar-refractivity contribution is 5.55. The van der Waals surface area contributed by atoms with Gasteiger partial charge < -0.3 is 4.74 Å². The lowest BCUT2D eigenvalue weighted by Crippen LogP contribution is -2.19. The Balaban J connectivity index is 2.07. The minimum absolute atomic E-state index is 0.0363. The van der Waals surface area contributed by atoms with Crippen LogP contribution in [0, 0.1) is 0 Å². The molecule has 0 aliphatic rings. The van der Waals surface area contributed by atoms with Crippen molar-refractivity contribution in [3.8, 4) is 17.1 Å². The van der Waals surface area contributed by atoms with Crippen molar-refractivity contribution in [2.75, 3.05) is 0 Å². The van der Waals surface area contributed by atoms with Crippen LogP contribution < -0.4 is 4.74 Å². The minimum atomic E-state index is -3.17. The summed E-state index contributed by atoms with van der Waals surface area (Å²) in [6.45, 7) is 2.07. The van der Waals surface area contributed by atoms with E-state index in [-0.39, 0.29) is 5.75 Å². The first-order valence-electron chi connectivity index (χ1n) is 6.60. The summed E-state index contributed by atoms with van der Waals surface area (Å²) in [5.74, 6) is 0.557. The highest BCUT2D eigenvalue weighted by atomic mass is 19.3. The van der Waals surface area contributed by atoms with Crippen molar-refractivity contribution in [3.63, 3.8) is 0 Å². The van der Waals surface area contributed by atoms with E-state index in [1.54, 1.807) is 24.5 Å². The molecule has 0 amide bonds. The van der Waals surface area contributed by atoms with E-state index >= 15 is 0 Å². The molecule has 0 saturated carbocycles. The molecule has 0 saturated heterocycles. The number of hydrogen-bond donors (Lipinski definition) is 0. The molecule has 0 N–H and O–H groups in total. The Morgan fingerprint density at radius 1 is 1.05 bits per heavy atom. The topological polar surface area (TPSA) is 35.0 Å². The standard InChI is InChI=1S/C15H15F3N2O/c1-2-3-10-8-19-15(20-9-10)11-4-6-12(7-5-11)21-14(18)13(16)17/h4-9,13-14H,2-3H2,1H3. The lowest BCUT2D eigenvalue weighted by atomic mass is 10.2. The van der Waals surface area contributed by atoms with Crippen molar-refractivity contribution < 1.29 is 17.9 Å². The quantitative estimate of drug-likeness (QED) is 0.807. The van der Waals surface area contributed by atoms with Gasteiger partial charge in [-0.05, 0) is 36.2 Å². The molecule has 0 bridgehead atoms. The molecule has 6 heteroatoms. The third-order valence-electron chi connectivity index (χ3n) is 2.80. The molecule has 1 heterocycles. The van der Waals surface area contributed by atoms with Gasteiger partial charge in [0, 0.05) is 18.0 Å². The fourth-order valence-corrected chi connectivity index (χ4v) is 1.79. The molecule has 112 valence electrons. The fourth-order valence-electron chi connectivity index (χ4n) is 1.79. The second-order valence-corrected chi connectivity index (χ2v) is 4.49. The summed E-state index contributed by atoms with van der Waals surface area (Å²) >= 11 is 0. The van der Waals surface area contributed by atoms with Crippen LogP contribution in [-0.2, 0) is 6.42 Å². The van der Waals surface area contributed by atoms with Crippen LogP contribution in [0.15, 0.2) is 36.7 Å². The van der Waals surface area contributed by atoms with Crippen LogP contribution in [0.4, 0.5) is 13.2 Å². The Hall–Kier alpha value is -2.11. The molecule has 0 fully saturated rings. The number of nitrogens with zero attached hydrogens (tertiary/aromatic N) is 2. The number of aromatic nitrogens is 2. The van der Waals surface area contributed by atoms with E-state index in [1.807, 2.05) is 0 Å². The summed E-state index contributed by atoms with van der Waals surface area (Å²) in [5.41, 5.74) is 1.76. The summed E-state index contributed by atoms with van der Waals surface area (Å²) in [6.07, 6.45) is -0.350. The number of ether oxygens (including phenoxy) is 1. The zero-order valence-corrected chi connectivity index (χ0v) is 11.5. The van der Waals surface area contributed by atoms with E-state index in [1.165, 1.54) is 12.1 Å². The van der Waals surface area contributed by atoms with E-state index in [2.05, 4.69) is 21.6 Å². The van der Waals surface area contributed by atoms with Gasteiger partial charge in [-0.1, -0.05) is 13.3 Å². The van der Waals surface area contributed by atoms with Gasteiger partial charge in [0.2, 0.25) is 0 Å². The second-order valence-electron chi connectivity index (χ2n) is 4.49.